The largest absolute Gasteiger partial charge is 0.464 e. The van der Waals surface area contributed by atoms with Crippen molar-refractivity contribution < 1.29 is 9.21 Å². The summed E-state index contributed by atoms with van der Waals surface area (Å²) in [6.07, 6.45) is 0.793. The fraction of sp³-hybridized carbons (Fsp3) is 0.353. The third kappa shape index (κ3) is 3.00. The number of furan rings is 1. The van der Waals surface area contributed by atoms with Gasteiger partial charge in [0.1, 0.15) is 11.5 Å². The molecule has 0 radical (unpaired) electrons. The van der Waals surface area contributed by atoms with Gasteiger partial charge in [0.05, 0.1) is 12.1 Å². The molecular formula is C17H20N2O2. The highest BCUT2D eigenvalue weighted by molar-refractivity contribution is 5.96. The van der Waals surface area contributed by atoms with Gasteiger partial charge in [-0.15, -0.1) is 0 Å². The van der Waals surface area contributed by atoms with Crippen LogP contribution < -0.4 is 0 Å². The first-order valence-corrected chi connectivity index (χ1v) is 7.23. The number of rotatable bonds is 4. The van der Waals surface area contributed by atoms with Crippen LogP contribution in [-0.4, -0.2) is 36.3 Å². The minimum absolute atomic E-state index is 0.0776. The number of nitrogens with zero attached hydrogens (tertiary/aromatic N) is 2. The summed E-state index contributed by atoms with van der Waals surface area (Å²) in [7, 11) is 3.98. The van der Waals surface area contributed by atoms with Gasteiger partial charge in [0.25, 0.3) is 5.91 Å². The highest BCUT2D eigenvalue weighted by Crippen LogP contribution is 2.24. The molecular weight excluding hydrogens is 264 g/mol. The molecule has 1 aromatic carbocycles. The lowest BCUT2D eigenvalue weighted by molar-refractivity contribution is 0.0720. The van der Waals surface area contributed by atoms with Crippen molar-refractivity contribution in [1.29, 1.82) is 0 Å². The monoisotopic (exact) mass is 284 g/mol. The molecule has 2 heterocycles. The Bertz CT molecular complexity index is 631. The summed E-state index contributed by atoms with van der Waals surface area (Å²) in [6, 6.07) is 12.0. The van der Waals surface area contributed by atoms with E-state index in [1.165, 1.54) is 0 Å². The molecule has 0 bridgehead atoms. The summed E-state index contributed by atoms with van der Waals surface area (Å²) in [4.78, 5) is 16.5. The predicted octanol–water partition coefficient (Wildman–Crippen LogP) is 2.54. The lowest BCUT2D eigenvalue weighted by atomic mass is 10.1. The maximum atomic E-state index is 12.6. The quantitative estimate of drug-likeness (QED) is 0.865. The van der Waals surface area contributed by atoms with Crippen LogP contribution in [0.15, 0.2) is 40.8 Å². The smallest absolute Gasteiger partial charge is 0.257 e. The first-order chi connectivity index (χ1) is 10.1. The van der Waals surface area contributed by atoms with E-state index in [0.717, 1.165) is 42.2 Å². The summed E-state index contributed by atoms with van der Waals surface area (Å²) in [5.41, 5.74) is 1.89. The molecule has 0 N–H and O–H groups in total. The van der Waals surface area contributed by atoms with Crippen LogP contribution >= 0.6 is 0 Å². The van der Waals surface area contributed by atoms with Gasteiger partial charge in [0, 0.05) is 19.5 Å². The number of hydrogen-bond donors (Lipinski definition) is 0. The first kappa shape index (κ1) is 13.9. The lowest BCUT2D eigenvalue weighted by Gasteiger charge is -2.26. The normalized spacial score (nSPS) is 14.6. The zero-order valence-electron chi connectivity index (χ0n) is 12.5. The third-order valence-corrected chi connectivity index (χ3v) is 3.67. The number of carbonyl (C=O) groups excluding carboxylic acids is 1. The Morgan fingerprint density at radius 2 is 2.00 bits per heavy atom. The van der Waals surface area contributed by atoms with E-state index in [1.807, 2.05) is 48.2 Å². The van der Waals surface area contributed by atoms with Gasteiger partial charge < -0.3 is 14.2 Å². The van der Waals surface area contributed by atoms with E-state index in [4.69, 9.17) is 4.42 Å². The highest BCUT2D eigenvalue weighted by atomic mass is 16.3. The van der Waals surface area contributed by atoms with Crippen LogP contribution in [0.3, 0.4) is 0 Å². The molecule has 0 unspecified atom stereocenters. The Balaban J connectivity index is 1.77. The van der Waals surface area contributed by atoms with Crippen LogP contribution in [0.25, 0.3) is 0 Å². The van der Waals surface area contributed by atoms with Crippen LogP contribution in [0.5, 0.6) is 0 Å². The van der Waals surface area contributed by atoms with Gasteiger partial charge in [-0.25, -0.2) is 0 Å². The van der Waals surface area contributed by atoms with Gasteiger partial charge in [-0.3, -0.25) is 4.79 Å². The Labute approximate surface area is 125 Å². The summed E-state index contributed by atoms with van der Waals surface area (Å²) in [5, 5.41) is 0. The molecule has 0 atom stereocenters. The predicted molar refractivity (Wildman–Crippen MR) is 81.0 cm³/mol. The highest BCUT2D eigenvalue weighted by Gasteiger charge is 2.28. The second-order valence-corrected chi connectivity index (χ2v) is 5.75. The van der Waals surface area contributed by atoms with Crippen LogP contribution in [0.4, 0.5) is 0 Å². The molecule has 0 aliphatic carbocycles. The van der Waals surface area contributed by atoms with Gasteiger partial charge in [-0.1, -0.05) is 30.3 Å². The SMILES string of the molecule is CN(C)Cc1cc2c(o1)CCN(Cc1ccccc1)C2=O. The molecule has 1 aromatic heterocycles. The number of fused-ring (bicyclic) bond motifs is 1. The molecule has 0 fully saturated rings. The Morgan fingerprint density at radius 3 is 2.71 bits per heavy atom. The zero-order valence-corrected chi connectivity index (χ0v) is 12.5. The number of hydrogen-bond acceptors (Lipinski definition) is 3. The van der Waals surface area contributed by atoms with Crippen LogP contribution in [-0.2, 0) is 19.5 Å². The fourth-order valence-corrected chi connectivity index (χ4v) is 2.70. The van der Waals surface area contributed by atoms with E-state index in [-0.39, 0.29) is 5.91 Å². The van der Waals surface area contributed by atoms with E-state index in [1.54, 1.807) is 0 Å². The van der Waals surface area contributed by atoms with E-state index in [2.05, 4.69) is 12.1 Å². The Morgan fingerprint density at radius 1 is 1.24 bits per heavy atom. The van der Waals surface area contributed by atoms with Gasteiger partial charge in [0.15, 0.2) is 0 Å². The number of carbonyl (C=O) groups is 1. The van der Waals surface area contributed by atoms with Crippen molar-refractivity contribution in [1.82, 2.24) is 9.80 Å². The Kier molecular flexibility index (Phi) is 3.80. The van der Waals surface area contributed by atoms with E-state index < -0.39 is 0 Å². The van der Waals surface area contributed by atoms with Gasteiger partial charge in [-0.05, 0) is 25.7 Å². The molecule has 4 heteroatoms. The van der Waals surface area contributed by atoms with Crippen molar-refractivity contribution in [3.63, 3.8) is 0 Å². The summed E-state index contributed by atoms with van der Waals surface area (Å²) >= 11 is 0. The minimum atomic E-state index is 0.0776. The number of benzene rings is 1. The zero-order chi connectivity index (χ0) is 14.8. The average molecular weight is 284 g/mol. The molecule has 2 aromatic rings. The maximum absolute atomic E-state index is 12.6. The number of amides is 1. The molecule has 1 aliphatic heterocycles. The van der Waals surface area contributed by atoms with Crippen molar-refractivity contribution in [3.05, 3.63) is 59.0 Å². The summed E-state index contributed by atoms with van der Waals surface area (Å²) < 4.78 is 5.80. The van der Waals surface area contributed by atoms with Crippen LogP contribution in [0, 0.1) is 0 Å². The van der Waals surface area contributed by atoms with Crippen molar-refractivity contribution >= 4 is 5.91 Å². The topological polar surface area (TPSA) is 36.7 Å². The van der Waals surface area contributed by atoms with Gasteiger partial charge in [0.2, 0.25) is 0 Å². The molecule has 0 spiro atoms. The molecule has 1 aliphatic rings. The fourth-order valence-electron chi connectivity index (χ4n) is 2.70. The average Bonchev–Trinajstić information content (AvgIpc) is 2.86. The van der Waals surface area contributed by atoms with Crippen molar-refractivity contribution in [3.8, 4) is 0 Å². The van der Waals surface area contributed by atoms with Crippen LogP contribution in [0.2, 0.25) is 0 Å². The molecule has 0 saturated carbocycles. The molecule has 21 heavy (non-hydrogen) atoms. The second kappa shape index (κ2) is 5.74. The van der Waals surface area contributed by atoms with E-state index >= 15 is 0 Å². The van der Waals surface area contributed by atoms with E-state index in [0.29, 0.717) is 6.54 Å². The van der Waals surface area contributed by atoms with Crippen molar-refractivity contribution in [2.45, 2.75) is 19.5 Å². The summed E-state index contributed by atoms with van der Waals surface area (Å²) in [6.45, 7) is 2.10. The summed E-state index contributed by atoms with van der Waals surface area (Å²) in [5.74, 6) is 1.77. The Hall–Kier alpha value is -2.07. The van der Waals surface area contributed by atoms with Crippen molar-refractivity contribution in [2.24, 2.45) is 0 Å². The van der Waals surface area contributed by atoms with Crippen molar-refractivity contribution in [2.75, 3.05) is 20.6 Å². The maximum Gasteiger partial charge on any atom is 0.257 e. The second-order valence-electron chi connectivity index (χ2n) is 5.75. The first-order valence-electron chi connectivity index (χ1n) is 7.23. The van der Waals surface area contributed by atoms with E-state index in [9.17, 15) is 4.79 Å². The van der Waals surface area contributed by atoms with Crippen LogP contribution in [0.1, 0.15) is 27.4 Å². The lowest BCUT2D eigenvalue weighted by Crippen LogP contribution is -2.36. The van der Waals surface area contributed by atoms with Gasteiger partial charge in [-0.2, -0.15) is 0 Å². The van der Waals surface area contributed by atoms with Gasteiger partial charge >= 0.3 is 0 Å². The molecule has 3 rings (SSSR count). The standard InChI is InChI=1S/C17H20N2O2/c1-18(2)12-14-10-15-16(21-14)8-9-19(17(15)20)11-13-6-4-3-5-7-13/h3-7,10H,8-9,11-12H2,1-2H3. The molecule has 1 amide bonds. The molecule has 0 saturated heterocycles. The third-order valence-electron chi connectivity index (χ3n) is 3.67. The molecule has 4 nitrogen and oxygen atoms in total. The molecule has 110 valence electrons. The minimum Gasteiger partial charge on any atom is -0.464 e.